The van der Waals surface area contributed by atoms with Gasteiger partial charge in [0.1, 0.15) is 37.5 Å². The van der Waals surface area contributed by atoms with Gasteiger partial charge in [-0.05, 0) is 39.5 Å². The number of nitrogens with one attached hydrogen (secondary N) is 3. The van der Waals surface area contributed by atoms with Crippen molar-refractivity contribution in [3.63, 3.8) is 0 Å². The Morgan fingerprint density at radius 1 is 0.872 bits per heavy atom. The lowest BCUT2D eigenvalue weighted by atomic mass is 9.96. The molecule has 7 N–H and O–H groups in total. The summed E-state index contributed by atoms with van der Waals surface area (Å²) < 4.78 is 16.5. The van der Waals surface area contributed by atoms with Crippen molar-refractivity contribution < 1.29 is 53.8 Å². The Morgan fingerprint density at radius 2 is 1.54 bits per heavy atom. The average Bonchev–Trinajstić information content (AvgIpc) is 2.86. The van der Waals surface area contributed by atoms with Gasteiger partial charge < -0.3 is 50.6 Å². The third-order valence-corrected chi connectivity index (χ3v) is 5.94. The van der Waals surface area contributed by atoms with Crippen LogP contribution >= 0.6 is 0 Å². The van der Waals surface area contributed by atoms with Crippen LogP contribution in [0.5, 0.6) is 0 Å². The standard InChI is InChI=1S/C25H45N3O11/c1-16(2)38-15-27-20(32)13-19(31)26-11-7-3-4-8-12-37-25-22(24(36)23(35)17(14-29)39-25)28-18(30)9-5-6-10-21(33)34/h16-17,22-25,29,35-36H,3-15H2,1-2H3,(H,26,31)(H,27,32)(H,28,30)(H,33,34). The summed E-state index contributed by atoms with van der Waals surface area (Å²) >= 11 is 0. The second-order valence-corrected chi connectivity index (χ2v) is 9.67. The Morgan fingerprint density at radius 3 is 2.21 bits per heavy atom. The molecule has 0 aromatic carbocycles. The van der Waals surface area contributed by atoms with Crippen molar-refractivity contribution >= 4 is 23.7 Å². The van der Waals surface area contributed by atoms with Gasteiger partial charge in [0, 0.05) is 26.0 Å². The van der Waals surface area contributed by atoms with Crippen LogP contribution in [0.3, 0.4) is 0 Å². The highest BCUT2D eigenvalue weighted by Gasteiger charge is 2.45. The first-order valence-corrected chi connectivity index (χ1v) is 13.4. The van der Waals surface area contributed by atoms with E-state index in [9.17, 15) is 34.5 Å². The highest BCUT2D eigenvalue weighted by atomic mass is 16.7. The number of aliphatic hydroxyl groups is 3. The molecule has 14 nitrogen and oxygen atoms in total. The molecule has 0 saturated carbocycles. The largest absolute Gasteiger partial charge is 0.481 e. The third-order valence-electron chi connectivity index (χ3n) is 5.94. The Kier molecular flexibility index (Phi) is 17.5. The molecule has 1 fully saturated rings. The molecule has 0 radical (unpaired) electrons. The number of ether oxygens (including phenoxy) is 3. The van der Waals surface area contributed by atoms with Crippen molar-refractivity contribution in [1.29, 1.82) is 0 Å². The number of carboxylic acid groups (broad SMARTS) is 1. The lowest BCUT2D eigenvalue weighted by molar-refractivity contribution is -0.270. The number of rotatable bonds is 20. The van der Waals surface area contributed by atoms with Gasteiger partial charge in [-0.2, -0.15) is 0 Å². The highest BCUT2D eigenvalue weighted by Crippen LogP contribution is 2.23. The third kappa shape index (κ3) is 15.1. The highest BCUT2D eigenvalue weighted by molar-refractivity contribution is 5.96. The van der Waals surface area contributed by atoms with E-state index >= 15 is 0 Å². The lowest BCUT2D eigenvalue weighted by Gasteiger charge is -2.42. The van der Waals surface area contributed by atoms with E-state index < -0.39 is 55.0 Å². The smallest absolute Gasteiger partial charge is 0.303 e. The summed E-state index contributed by atoms with van der Waals surface area (Å²) in [7, 11) is 0. The molecule has 1 saturated heterocycles. The molecule has 226 valence electrons. The molecule has 5 unspecified atom stereocenters. The number of carboxylic acids is 1. The molecule has 1 heterocycles. The second kappa shape index (κ2) is 19.7. The van der Waals surface area contributed by atoms with Gasteiger partial charge in [0.2, 0.25) is 17.7 Å². The Hall–Kier alpha value is -2.36. The minimum absolute atomic E-state index is 0.0212. The molecule has 0 aromatic rings. The molecule has 0 spiro atoms. The number of hydrogen-bond acceptors (Lipinski definition) is 10. The zero-order valence-electron chi connectivity index (χ0n) is 22.8. The van der Waals surface area contributed by atoms with E-state index in [0.717, 1.165) is 12.8 Å². The number of hydrogen-bond donors (Lipinski definition) is 7. The zero-order valence-corrected chi connectivity index (χ0v) is 22.8. The van der Waals surface area contributed by atoms with Gasteiger partial charge in [0.25, 0.3) is 0 Å². The first kappa shape index (κ1) is 34.7. The van der Waals surface area contributed by atoms with Gasteiger partial charge in [-0.15, -0.1) is 0 Å². The number of aliphatic hydroxyl groups excluding tert-OH is 3. The fourth-order valence-corrected chi connectivity index (χ4v) is 3.77. The van der Waals surface area contributed by atoms with E-state index in [1.807, 2.05) is 13.8 Å². The first-order valence-electron chi connectivity index (χ1n) is 13.4. The molecular formula is C25H45N3O11. The van der Waals surface area contributed by atoms with Crippen molar-refractivity contribution in [3.8, 4) is 0 Å². The molecule has 1 aliphatic heterocycles. The van der Waals surface area contributed by atoms with Crippen molar-refractivity contribution in [2.45, 2.75) is 108 Å². The van der Waals surface area contributed by atoms with E-state index in [1.165, 1.54) is 0 Å². The summed E-state index contributed by atoms with van der Waals surface area (Å²) in [5, 5.41) is 46.6. The van der Waals surface area contributed by atoms with E-state index in [1.54, 1.807) is 0 Å². The van der Waals surface area contributed by atoms with E-state index in [2.05, 4.69) is 16.0 Å². The number of aliphatic carboxylic acids is 1. The Balaban J connectivity index is 2.32. The lowest BCUT2D eigenvalue weighted by Crippen LogP contribution is -2.64. The topological polar surface area (TPSA) is 213 Å². The zero-order chi connectivity index (χ0) is 29.2. The van der Waals surface area contributed by atoms with Crippen LogP contribution in [0.25, 0.3) is 0 Å². The van der Waals surface area contributed by atoms with E-state index in [0.29, 0.717) is 32.2 Å². The minimum Gasteiger partial charge on any atom is -0.481 e. The molecule has 1 rings (SSSR count). The summed E-state index contributed by atoms with van der Waals surface area (Å²) in [6, 6.07) is -1.07. The maximum atomic E-state index is 12.3. The summed E-state index contributed by atoms with van der Waals surface area (Å²) in [6.45, 7) is 3.83. The van der Waals surface area contributed by atoms with Crippen LogP contribution < -0.4 is 16.0 Å². The van der Waals surface area contributed by atoms with Crippen molar-refractivity contribution in [1.82, 2.24) is 16.0 Å². The summed E-state index contributed by atoms with van der Waals surface area (Å²) in [5.41, 5.74) is 0. The van der Waals surface area contributed by atoms with Crippen molar-refractivity contribution in [2.75, 3.05) is 26.5 Å². The van der Waals surface area contributed by atoms with Crippen LogP contribution in [0.15, 0.2) is 0 Å². The van der Waals surface area contributed by atoms with Crippen LogP contribution in [0.1, 0.15) is 71.6 Å². The summed E-state index contributed by atoms with van der Waals surface area (Å²) in [5.74, 6) is -2.18. The van der Waals surface area contributed by atoms with E-state index in [4.69, 9.17) is 19.3 Å². The molecule has 39 heavy (non-hydrogen) atoms. The molecule has 14 heteroatoms. The van der Waals surface area contributed by atoms with Crippen LogP contribution in [0, 0.1) is 0 Å². The molecular weight excluding hydrogens is 518 g/mol. The average molecular weight is 564 g/mol. The van der Waals surface area contributed by atoms with Gasteiger partial charge in [0.05, 0.1) is 12.7 Å². The van der Waals surface area contributed by atoms with Crippen LogP contribution in [-0.4, -0.2) is 107 Å². The van der Waals surface area contributed by atoms with Crippen molar-refractivity contribution in [3.05, 3.63) is 0 Å². The molecule has 0 aliphatic carbocycles. The number of carbonyl (C=O) groups excluding carboxylic acids is 3. The fourth-order valence-electron chi connectivity index (χ4n) is 3.77. The van der Waals surface area contributed by atoms with Crippen LogP contribution in [-0.2, 0) is 33.4 Å². The fraction of sp³-hybridized carbons (Fsp3) is 0.840. The number of carbonyl (C=O) groups is 4. The second-order valence-electron chi connectivity index (χ2n) is 9.67. The normalized spacial score (nSPS) is 22.9. The van der Waals surface area contributed by atoms with E-state index in [-0.39, 0.29) is 44.6 Å². The monoisotopic (exact) mass is 563 g/mol. The van der Waals surface area contributed by atoms with Gasteiger partial charge >= 0.3 is 5.97 Å². The number of amides is 3. The molecule has 5 atom stereocenters. The SMILES string of the molecule is CC(C)OCNC(=O)CC(=O)NCCCCCCOC1OC(CO)C(O)C(O)C1NC(=O)CCCCC(=O)O. The van der Waals surface area contributed by atoms with Crippen LogP contribution in [0.4, 0.5) is 0 Å². The van der Waals surface area contributed by atoms with Gasteiger partial charge in [-0.25, -0.2) is 0 Å². The maximum absolute atomic E-state index is 12.3. The summed E-state index contributed by atoms with van der Waals surface area (Å²) in [6.07, 6.45) is -1.83. The van der Waals surface area contributed by atoms with Crippen LogP contribution in [0.2, 0.25) is 0 Å². The Bertz CT molecular complexity index is 753. The molecule has 0 bridgehead atoms. The minimum atomic E-state index is -1.43. The van der Waals surface area contributed by atoms with Gasteiger partial charge in [-0.3, -0.25) is 19.2 Å². The van der Waals surface area contributed by atoms with Gasteiger partial charge in [0.15, 0.2) is 6.29 Å². The Labute approximate surface area is 228 Å². The van der Waals surface area contributed by atoms with Crippen molar-refractivity contribution in [2.24, 2.45) is 0 Å². The van der Waals surface area contributed by atoms with Gasteiger partial charge in [-0.1, -0.05) is 12.8 Å². The summed E-state index contributed by atoms with van der Waals surface area (Å²) in [4.78, 5) is 46.4. The molecule has 3 amide bonds. The quantitative estimate of drug-likeness (QED) is 0.0550. The number of unbranched alkanes of at least 4 members (excludes halogenated alkanes) is 4. The predicted octanol–water partition coefficient (Wildman–Crippen LogP) is -0.863. The maximum Gasteiger partial charge on any atom is 0.303 e. The molecule has 0 aromatic heterocycles. The first-order chi connectivity index (χ1) is 18.5. The molecule has 1 aliphatic rings. The predicted molar refractivity (Wildman–Crippen MR) is 137 cm³/mol.